The minimum Gasteiger partial charge on any atom is -0.490 e. The Balaban J connectivity index is 1.23. The highest BCUT2D eigenvalue weighted by molar-refractivity contribution is 6.07. The summed E-state index contributed by atoms with van der Waals surface area (Å²) < 4.78 is 54.1. The predicted molar refractivity (Wildman–Crippen MR) is 600 cm³/mol. The lowest BCUT2D eigenvalue weighted by Crippen LogP contribution is -2.12. The van der Waals surface area contributed by atoms with E-state index in [0.717, 1.165) is 87.8 Å². The topological polar surface area (TPSA) is 134 Å². The lowest BCUT2D eigenvalue weighted by molar-refractivity contribution is 0.0726. The van der Waals surface area contributed by atoms with E-state index in [2.05, 4.69) is 41.5 Å². The number of benzene rings is 4. The summed E-state index contributed by atoms with van der Waals surface area (Å²) in [6, 6.07) is 23.1. The molecule has 0 saturated heterocycles. The van der Waals surface area contributed by atoms with Crippen molar-refractivity contribution >= 4 is 33.5 Å². The van der Waals surface area contributed by atoms with Crippen molar-refractivity contribution < 1.29 is 47.5 Å². The molecule has 140 heavy (non-hydrogen) atoms. The van der Waals surface area contributed by atoms with E-state index in [-0.39, 0.29) is 0 Å². The quantitative estimate of drug-likeness (QED) is 0.0266. The van der Waals surface area contributed by atoms with Gasteiger partial charge in [0.05, 0.1) is 74.5 Å². The van der Waals surface area contributed by atoms with Crippen LogP contribution in [0.25, 0.3) is 32.9 Å². The molecule has 12 heteroatoms. The monoisotopic (exact) mass is 1940 g/mol. The van der Waals surface area contributed by atoms with Gasteiger partial charge in [0.25, 0.3) is 0 Å². The van der Waals surface area contributed by atoms with E-state index in [1.165, 1.54) is 462 Å². The van der Waals surface area contributed by atoms with Gasteiger partial charge < -0.3 is 37.9 Å². The summed E-state index contributed by atoms with van der Waals surface area (Å²) in [5.74, 6) is 2.75. The van der Waals surface area contributed by atoms with Crippen LogP contribution in [0.2, 0.25) is 0 Å². The van der Waals surface area contributed by atoms with Gasteiger partial charge in [-0.15, -0.1) is 0 Å². The Morgan fingerprint density at radius 2 is 0.336 bits per heavy atom. The van der Waals surface area contributed by atoms with Crippen molar-refractivity contribution in [3.63, 3.8) is 0 Å². The summed E-state index contributed by atoms with van der Waals surface area (Å²) in [5, 5.41) is 2.88. The zero-order valence-corrected chi connectivity index (χ0v) is 91.7. The fourth-order valence-electron chi connectivity index (χ4n) is 20.2. The fourth-order valence-corrected chi connectivity index (χ4v) is 20.2. The highest BCUT2D eigenvalue weighted by atomic mass is 16.6. The van der Waals surface area contributed by atoms with Gasteiger partial charge in [-0.1, -0.05) is 591 Å². The molecule has 0 aliphatic rings. The van der Waals surface area contributed by atoms with Gasteiger partial charge in [0.15, 0.2) is 34.5 Å². The third-order valence-corrected chi connectivity index (χ3v) is 29.2. The van der Waals surface area contributed by atoms with Gasteiger partial charge in [-0.3, -0.25) is 9.97 Å². The number of hydrogen-bond acceptors (Lipinski definition) is 12. The number of aromatic nitrogens is 2. The molecule has 794 valence electrons. The van der Waals surface area contributed by atoms with Gasteiger partial charge in [0.2, 0.25) is 11.5 Å². The Kier molecular flexibility index (Phi) is 76.6. The lowest BCUT2D eigenvalue weighted by atomic mass is 10.0. The molecular formula is C128H212N2O10. The van der Waals surface area contributed by atoms with Crippen LogP contribution in [0.3, 0.4) is 0 Å². The first-order valence-corrected chi connectivity index (χ1v) is 60.7. The second-order valence-electron chi connectivity index (χ2n) is 42.1. The van der Waals surface area contributed by atoms with Crippen LogP contribution in [0.15, 0.2) is 85.2 Å². The van der Waals surface area contributed by atoms with E-state index < -0.39 is 11.9 Å². The Morgan fingerprint density at radius 3 is 0.507 bits per heavy atom. The van der Waals surface area contributed by atoms with Gasteiger partial charge >= 0.3 is 11.9 Å². The summed E-state index contributed by atoms with van der Waals surface area (Å²) in [6.07, 6.45) is 111. The fraction of sp³-hybridized carbons (Fsp3) is 0.750. The summed E-state index contributed by atoms with van der Waals surface area (Å²) in [6.45, 7) is 16.8. The number of fused-ring (bicyclic) bond motifs is 2. The average molecular weight is 1940 g/mol. The highest BCUT2D eigenvalue weighted by Crippen LogP contribution is 2.44. The van der Waals surface area contributed by atoms with Crippen molar-refractivity contribution in [2.24, 2.45) is 0 Å². The van der Waals surface area contributed by atoms with E-state index in [4.69, 9.17) is 47.9 Å². The van der Waals surface area contributed by atoms with Crippen LogP contribution in [0, 0.1) is 0 Å². The molecule has 0 N–H and O–H groups in total. The van der Waals surface area contributed by atoms with Crippen molar-refractivity contribution in [2.45, 2.75) is 581 Å². The zero-order valence-electron chi connectivity index (χ0n) is 91.7. The maximum atomic E-state index is 15.2. The van der Waals surface area contributed by atoms with Crippen molar-refractivity contribution in [1.82, 2.24) is 9.97 Å². The predicted octanol–water partition coefficient (Wildman–Crippen LogP) is 42.0. The van der Waals surface area contributed by atoms with Crippen LogP contribution in [-0.2, 0) is 0 Å². The number of carbonyl (C=O) groups excluding carboxylic acids is 2. The van der Waals surface area contributed by atoms with Gasteiger partial charge in [-0.2, -0.15) is 0 Å². The van der Waals surface area contributed by atoms with Crippen molar-refractivity contribution in [3.05, 3.63) is 96.3 Å². The number of ether oxygens (including phenoxy) is 8. The van der Waals surface area contributed by atoms with E-state index in [9.17, 15) is 0 Å². The van der Waals surface area contributed by atoms with Crippen LogP contribution in [0.1, 0.15) is 602 Å². The molecule has 0 saturated carbocycles. The number of nitrogens with zero attached hydrogens (tertiary/aromatic N) is 2. The van der Waals surface area contributed by atoms with Crippen LogP contribution < -0.4 is 37.9 Å². The minimum atomic E-state index is -0.546. The Bertz CT molecular complexity index is 3550. The molecule has 0 amide bonds. The summed E-state index contributed by atoms with van der Waals surface area (Å²) >= 11 is 0. The molecule has 0 fully saturated rings. The number of rotatable bonds is 101. The van der Waals surface area contributed by atoms with E-state index >= 15 is 9.59 Å². The SMILES string of the molecule is CCCCCCCCCCCCCCCCOc1cc(C(=O)Oc2cnc(-c3ncc(OC(=O)c4cc(OCCCCCCCCCCCCCCCC)c(OCCCCCCCCCCCCCCCC)c(OCCCCCCCCCCCCCCCC)c4)c4ccccc34)c3ccccc23)cc(OCCCCCCCCCCCCCCCC)c1OCCCCCCCCCCCCCCCC. The first kappa shape index (κ1) is 122. The van der Waals surface area contributed by atoms with Crippen LogP contribution in [0.4, 0.5) is 0 Å². The van der Waals surface area contributed by atoms with Gasteiger partial charge in [-0.05, 0) is 62.8 Å². The molecule has 2 heterocycles. The Morgan fingerprint density at radius 1 is 0.186 bits per heavy atom. The molecule has 6 aromatic rings. The van der Waals surface area contributed by atoms with Crippen LogP contribution in [-0.4, -0.2) is 61.5 Å². The molecule has 4 aromatic carbocycles. The summed E-state index contributed by atoms with van der Waals surface area (Å²) in [7, 11) is 0. The summed E-state index contributed by atoms with van der Waals surface area (Å²) in [5.41, 5.74) is 1.83. The van der Waals surface area contributed by atoms with Crippen molar-refractivity contribution in [1.29, 1.82) is 0 Å². The first-order valence-electron chi connectivity index (χ1n) is 60.7. The van der Waals surface area contributed by atoms with Gasteiger partial charge in [0, 0.05) is 21.5 Å². The Labute approximate surface area is 859 Å². The Hall–Kier alpha value is -6.56. The molecule has 0 unspecified atom stereocenters. The van der Waals surface area contributed by atoms with Gasteiger partial charge in [0.1, 0.15) is 0 Å². The molecular weight excluding hydrogens is 1730 g/mol. The average Bonchev–Trinajstić information content (AvgIpc) is 0.757. The summed E-state index contributed by atoms with van der Waals surface area (Å²) in [4.78, 5) is 40.6. The minimum absolute atomic E-state index is 0.314. The lowest BCUT2D eigenvalue weighted by Gasteiger charge is -2.19. The zero-order chi connectivity index (χ0) is 99.0. The molecule has 0 radical (unpaired) electrons. The second-order valence-corrected chi connectivity index (χ2v) is 42.1. The van der Waals surface area contributed by atoms with E-state index in [1.807, 2.05) is 72.8 Å². The molecule has 0 aliphatic carbocycles. The molecule has 0 spiro atoms. The third kappa shape index (κ3) is 58.5. The molecule has 2 aromatic heterocycles. The molecule has 0 aliphatic heterocycles. The van der Waals surface area contributed by atoms with E-state index in [0.29, 0.717) is 119 Å². The van der Waals surface area contributed by atoms with Crippen LogP contribution >= 0.6 is 0 Å². The van der Waals surface area contributed by atoms with Gasteiger partial charge in [-0.25, -0.2) is 9.59 Å². The van der Waals surface area contributed by atoms with Crippen molar-refractivity contribution in [3.8, 4) is 57.4 Å². The maximum Gasteiger partial charge on any atom is 0.343 e. The standard InChI is InChI=1S/C128H212N2O10/c1-7-13-19-25-31-37-43-49-55-61-67-73-79-89-99-133-117-105-111(106-118(134-100-90-80-74-68-62-56-50-44-38-32-26-20-14-8-2)125(117)137-103-93-83-77-71-65-59-53-47-41-35-29-23-17-11-5)127(131)139-121-109-129-123(115-97-87-85-95-113(115)121)124-116-98-88-86-96-114(116)122(110-130-124)140-128(132)112-107-119(135-101-91-81-75-69-63-57-51-45-39-33-27-21-15-9-3)126(138-104-94-84-78-72-66-60-54-48-42-36-30-24-18-12-6)120(108-112)136-102-92-82-76-70-64-58-52-46-40-34-28-22-16-10-4/h85-88,95-98,105-110H,7-84,89-94,99-104H2,1-6H3. The number of hydrogen-bond donors (Lipinski definition) is 0. The molecule has 0 bridgehead atoms. The largest absolute Gasteiger partial charge is 0.490 e. The number of carbonyl (C=O) groups is 2. The van der Waals surface area contributed by atoms with Crippen LogP contribution in [0.5, 0.6) is 46.0 Å². The highest BCUT2D eigenvalue weighted by Gasteiger charge is 2.26. The number of unbranched alkanes of at least 4 members (excludes halogenated alkanes) is 78. The third-order valence-electron chi connectivity index (χ3n) is 29.2. The first-order chi connectivity index (χ1) is 69.3. The second kappa shape index (κ2) is 87.8. The van der Waals surface area contributed by atoms with Crippen molar-refractivity contribution in [2.75, 3.05) is 39.6 Å². The number of esters is 2. The number of pyridine rings is 2. The van der Waals surface area contributed by atoms with E-state index in [1.54, 1.807) is 12.4 Å². The molecule has 0 atom stereocenters. The smallest absolute Gasteiger partial charge is 0.343 e. The molecule has 12 nitrogen and oxygen atoms in total. The maximum absolute atomic E-state index is 15.2. The molecule has 6 rings (SSSR count). The normalized spacial score (nSPS) is 11.6.